The first-order chi connectivity index (χ1) is 8.03. The minimum Gasteiger partial charge on any atom is -0.364 e. The molecule has 0 bridgehead atoms. The summed E-state index contributed by atoms with van der Waals surface area (Å²) in [7, 11) is 0. The molecule has 5 heteroatoms. The van der Waals surface area contributed by atoms with Gasteiger partial charge in [-0.05, 0) is 44.7 Å². The number of aromatic nitrogens is 2. The van der Waals surface area contributed by atoms with Crippen molar-refractivity contribution in [1.29, 1.82) is 0 Å². The van der Waals surface area contributed by atoms with Gasteiger partial charge < -0.3 is 11.1 Å². The lowest BCUT2D eigenvalue weighted by molar-refractivity contribution is 0.525. The molecule has 0 fully saturated rings. The second-order valence-corrected chi connectivity index (χ2v) is 5.75. The molecule has 2 heterocycles. The Bertz CT molecular complexity index is 518. The Morgan fingerprint density at radius 3 is 2.88 bits per heavy atom. The first kappa shape index (κ1) is 12.3. The molecule has 2 aromatic heterocycles. The summed E-state index contributed by atoms with van der Waals surface area (Å²) in [5, 5.41) is 5.57. The molecule has 2 aromatic rings. The van der Waals surface area contributed by atoms with Gasteiger partial charge in [0.2, 0.25) is 0 Å². The van der Waals surface area contributed by atoms with Gasteiger partial charge >= 0.3 is 0 Å². The molecule has 4 nitrogen and oxygen atoms in total. The highest BCUT2D eigenvalue weighted by atomic mass is 32.1. The molecule has 2 rings (SSSR count). The zero-order valence-electron chi connectivity index (χ0n) is 10.4. The summed E-state index contributed by atoms with van der Waals surface area (Å²) >= 11 is 1.68. The number of nitrogens with one attached hydrogen (secondary N) is 1. The number of anilines is 1. The summed E-state index contributed by atoms with van der Waals surface area (Å²) in [4.78, 5) is 8.65. The van der Waals surface area contributed by atoms with E-state index in [0.29, 0.717) is 6.54 Å². The van der Waals surface area contributed by atoms with Crippen molar-refractivity contribution in [2.45, 2.75) is 32.7 Å². The van der Waals surface area contributed by atoms with Gasteiger partial charge in [-0.15, -0.1) is 11.3 Å². The van der Waals surface area contributed by atoms with Crippen molar-refractivity contribution < 1.29 is 0 Å². The lowest BCUT2D eigenvalue weighted by Gasteiger charge is -2.26. The van der Waals surface area contributed by atoms with E-state index < -0.39 is 0 Å². The van der Waals surface area contributed by atoms with Crippen LogP contribution in [0, 0.1) is 6.92 Å². The first-order valence-electron chi connectivity index (χ1n) is 5.70. The van der Waals surface area contributed by atoms with E-state index in [-0.39, 0.29) is 5.54 Å². The van der Waals surface area contributed by atoms with E-state index in [1.54, 1.807) is 17.7 Å². The molecule has 17 heavy (non-hydrogen) atoms. The van der Waals surface area contributed by atoms with Crippen molar-refractivity contribution in [2.24, 2.45) is 5.73 Å². The van der Waals surface area contributed by atoms with E-state index in [0.717, 1.165) is 22.5 Å². The van der Waals surface area contributed by atoms with Crippen LogP contribution in [0.4, 0.5) is 5.82 Å². The highest BCUT2D eigenvalue weighted by molar-refractivity contribution is 7.18. The lowest BCUT2D eigenvalue weighted by Crippen LogP contribution is -2.33. The average Bonchev–Trinajstić information content (AvgIpc) is 2.61. The normalized spacial score (nSPS) is 12.0. The van der Waals surface area contributed by atoms with Crippen LogP contribution in [-0.2, 0) is 0 Å². The van der Waals surface area contributed by atoms with Gasteiger partial charge in [0.1, 0.15) is 12.1 Å². The highest BCUT2D eigenvalue weighted by Gasteiger charge is 2.19. The van der Waals surface area contributed by atoms with Gasteiger partial charge in [-0.1, -0.05) is 0 Å². The van der Waals surface area contributed by atoms with Crippen molar-refractivity contribution in [3.8, 4) is 0 Å². The van der Waals surface area contributed by atoms with Crippen LogP contribution in [0.2, 0.25) is 0 Å². The Hall–Kier alpha value is -1.20. The van der Waals surface area contributed by atoms with Gasteiger partial charge in [0.05, 0.1) is 10.2 Å². The second kappa shape index (κ2) is 4.58. The molecular weight excluding hydrogens is 232 g/mol. The van der Waals surface area contributed by atoms with E-state index in [2.05, 4.69) is 41.4 Å². The second-order valence-electron chi connectivity index (χ2n) is 4.87. The Labute approximate surface area is 105 Å². The minimum atomic E-state index is -0.0477. The van der Waals surface area contributed by atoms with Crippen LogP contribution in [-0.4, -0.2) is 22.1 Å². The molecule has 0 atom stereocenters. The summed E-state index contributed by atoms with van der Waals surface area (Å²) in [5.41, 5.74) is 7.81. The molecule has 0 aliphatic heterocycles. The Kier molecular flexibility index (Phi) is 3.31. The maximum Gasteiger partial charge on any atom is 0.147 e. The number of fused-ring (bicyclic) bond motifs is 1. The number of rotatable bonds is 4. The number of nitrogens with two attached hydrogens (primary N) is 1. The fraction of sp³-hybridized carbons (Fsp3) is 0.500. The van der Waals surface area contributed by atoms with Crippen LogP contribution < -0.4 is 11.1 Å². The molecule has 0 radical (unpaired) electrons. The molecule has 3 N–H and O–H groups in total. The SMILES string of the molecule is Cc1csc2c(NC(C)(C)CCN)ncnc12. The zero-order chi connectivity index (χ0) is 12.5. The maximum absolute atomic E-state index is 5.61. The Balaban J connectivity index is 2.36. The van der Waals surface area contributed by atoms with E-state index in [9.17, 15) is 0 Å². The van der Waals surface area contributed by atoms with Crippen LogP contribution in [0.1, 0.15) is 25.8 Å². The number of nitrogens with zero attached hydrogens (tertiary/aromatic N) is 2. The van der Waals surface area contributed by atoms with Gasteiger partial charge in [-0.3, -0.25) is 0 Å². The third kappa shape index (κ3) is 2.56. The highest BCUT2D eigenvalue weighted by Crippen LogP contribution is 2.30. The maximum atomic E-state index is 5.61. The van der Waals surface area contributed by atoms with Crippen LogP contribution in [0.25, 0.3) is 10.2 Å². The van der Waals surface area contributed by atoms with E-state index >= 15 is 0 Å². The van der Waals surface area contributed by atoms with Crippen LogP contribution >= 0.6 is 11.3 Å². The fourth-order valence-corrected chi connectivity index (χ4v) is 2.75. The van der Waals surface area contributed by atoms with Crippen molar-refractivity contribution in [1.82, 2.24) is 9.97 Å². The predicted molar refractivity (Wildman–Crippen MR) is 73.5 cm³/mol. The largest absolute Gasteiger partial charge is 0.364 e. The van der Waals surface area contributed by atoms with Crippen LogP contribution in [0.5, 0.6) is 0 Å². The van der Waals surface area contributed by atoms with Gasteiger partial charge in [0, 0.05) is 5.54 Å². The molecule has 0 saturated carbocycles. The molecule has 0 saturated heterocycles. The summed E-state index contributed by atoms with van der Waals surface area (Å²) in [5.74, 6) is 0.909. The fourth-order valence-electron chi connectivity index (χ4n) is 1.80. The topological polar surface area (TPSA) is 63.8 Å². The molecule has 92 valence electrons. The first-order valence-corrected chi connectivity index (χ1v) is 6.58. The smallest absolute Gasteiger partial charge is 0.147 e. The summed E-state index contributed by atoms with van der Waals surface area (Å²) < 4.78 is 1.12. The quantitative estimate of drug-likeness (QED) is 0.875. The van der Waals surface area contributed by atoms with Crippen molar-refractivity contribution in [3.63, 3.8) is 0 Å². The summed E-state index contributed by atoms with van der Waals surface area (Å²) in [6.07, 6.45) is 2.52. The molecular formula is C12H18N4S. The van der Waals surface area contributed by atoms with Crippen LogP contribution in [0.15, 0.2) is 11.7 Å². The summed E-state index contributed by atoms with van der Waals surface area (Å²) in [6.45, 7) is 7.00. The predicted octanol–water partition coefficient (Wildman–Crippen LogP) is 2.54. The number of aryl methyl sites for hydroxylation is 1. The minimum absolute atomic E-state index is 0.0477. The summed E-state index contributed by atoms with van der Waals surface area (Å²) in [6, 6.07) is 0. The standard InChI is InChI=1S/C12H18N4S/c1-8-6-17-10-9(8)14-7-15-11(10)16-12(2,3)4-5-13/h6-7H,4-5,13H2,1-3H3,(H,14,15,16). The van der Waals surface area contributed by atoms with Gasteiger partial charge in [0.15, 0.2) is 0 Å². The van der Waals surface area contributed by atoms with E-state index in [4.69, 9.17) is 5.73 Å². The van der Waals surface area contributed by atoms with Crippen molar-refractivity contribution in [2.75, 3.05) is 11.9 Å². The Morgan fingerprint density at radius 1 is 1.41 bits per heavy atom. The molecule has 0 unspecified atom stereocenters. The number of hydrogen-bond donors (Lipinski definition) is 2. The molecule has 0 aliphatic rings. The third-order valence-corrected chi connectivity index (χ3v) is 3.85. The van der Waals surface area contributed by atoms with E-state index in [1.165, 1.54) is 5.56 Å². The number of hydrogen-bond acceptors (Lipinski definition) is 5. The number of thiophene rings is 1. The van der Waals surface area contributed by atoms with Crippen molar-refractivity contribution >= 4 is 27.4 Å². The van der Waals surface area contributed by atoms with Gasteiger partial charge in [0.25, 0.3) is 0 Å². The molecule has 0 aliphatic carbocycles. The van der Waals surface area contributed by atoms with Crippen molar-refractivity contribution in [3.05, 3.63) is 17.3 Å². The molecule has 0 amide bonds. The average molecular weight is 250 g/mol. The lowest BCUT2D eigenvalue weighted by atomic mass is 10.0. The van der Waals surface area contributed by atoms with E-state index in [1.807, 2.05) is 0 Å². The molecule has 0 spiro atoms. The molecule has 0 aromatic carbocycles. The van der Waals surface area contributed by atoms with Crippen LogP contribution in [0.3, 0.4) is 0 Å². The zero-order valence-corrected chi connectivity index (χ0v) is 11.3. The third-order valence-electron chi connectivity index (χ3n) is 2.76. The Morgan fingerprint density at radius 2 is 2.18 bits per heavy atom. The monoisotopic (exact) mass is 250 g/mol. The van der Waals surface area contributed by atoms with Gasteiger partial charge in [-0.2, -0.15) is 0 Å². The van der Waals surface area contributed by atoms with Gasteiger partial charge in [-0.25, -0.2) is 9.97 Å².